The van der Waals surface area contributed by atoms with E-state index < -0.39 is 21.9 Å². The van der Waals surface area contributed by atoms with Crippen LogP contribution in [0.5, 0.6) is 0 Å². The third-order valence-electron chi connectivity index (χ3n) is 2.90. The lowest BCUT2D eigenvalue weighted by Crippen LogP contribution is -2.40. The SMILES string of the molecule is CCn1cc([N+](=O)[O-])c(=O)n(Cc2cccc(N)n2)c1=O. The summed E-state index contributed by atoms with van der Waals surface area (Å²) in [5, 5.41) is 10.9. The minimum atomic E-state index is -0.959. The van der Waals surface area contributed by atoms with Gasteiger partial charge >= 0.3 is 16.9 Å². The van der Waals surface area contributed by atoms with E-state index in [1.54, 1.807) is 25.1 Å². The Morgan fingerprint density at radius 1 is 1.38 bits per heavy atom. The highest BCUT2D eigenvalue weighted by Gasteiger charge is 2.19. The Balaban J connectivity index is 2.62. The first-order chi connectivity index (χ1) is 9.93. The summed E-state index contributed by atoms with van der Waals surface area (Å²) in [5.41, 5.74) is 3.67. The number of nitrogens with two attached hydrogens (primary N) is 1. The third-order valence-corrected chi connectivity index (χ3v) is 2.90. The Kier molecular flexibility index (Phi) is 3.83. The average molecular weight is 291 g/mol. The van der Waals surface area contributed by atoms with Crippen LogP contribution in [0, 0.1) is 10.1 Å². The van der Waals surface area contributed by atoms with Crippen molar-refractivity contribution in [2.24, 2.45) is 0 Å². The van der Waals surface area contributed by atoms with E-state index in [9.17, 15) is 19.7 Å². The van der Waals surface area contributed by atoms with Gasteiger partial charge in [-0.3, -0.25) is 19.5 Å². The normalized spacial score (nSPS) is 10.5. The first kappa shape index (κ1) is 14.4. The summed E-state index contributed by atoms with van der Waals surface area (Å²) in [6.07, 6.45) is 0.952. The number of hydrogen-bond donors (Lipinski definition) is 1. The largest absolute Gasteiger partial charge is 0.384 e. The molecular weight excluding hydrogens is 278 g/mol. The van der Waals surface area contributed by atoms with Gasteiger partial charge in [0.1, 0.15) is 5.82 Å². The van der Waals surface area contributed by atoms with Crippen LogP contribution in [0.15, 0.2) is 34.0 Å². The number of nitrogens with zero attached hydrogens (tertiary/aromatic N) is 4. The molecule has 2 aromatic rings. The van der Waals surface area contributed by atoms with Crippen LogP contribution in [0.4, 0.5) is 11.5 Å². The first-order valence-corrected chi connectivity index (χ1v) is 6.14. The van der Waals surface area contributed by atoms with E-state index in [1.165, 1.54) is 0 Å². The van der Waals surface area contributed by atoms with Crippen molar-refractivity contribution in [3.8, 4) is 0 Å². The van der Waals surface area contributed by atoms with Crippen LogP contribution in [-0.4, -0.2) is 19.0 Å². The summed E-state index contributed by atoms with van der Waals surface area (Å²) in [4.78, 5) is 38.2. The third kappa shape index (κ3) is 2.81. The smallest absolute Gasteiger partial charge is 0.350 e. The highest BCUT2D eigenvalue weighted by atomic mass is 16.6. The van der Waals surface area contributed by atoms with Gasteiger partial charge < -0.3 is 5.73 Å². The zero-order valence-corrected chi connectivity index (χ0v) is 11.2. The maximum absolute atomic E-state index is 12.1. The second-order valence-electron chi connectivity index (χ2n) is 4.29. The molecule has 0 atom stereocenters. The van der Waals surface area contributed by atoms with Crippen molar-refractivity contribution in [3.05, 3.63) is 61.0 Å². The van der Waals surface area contributed by atoms with E-state index >= 15 is 0 Å². The van der Waals surface area contributed by atoms with E-state index in [2.05, 4.69) is 4.98 Å². The molecule has 0 amide bonds. The van der Waals surface area contributed by atoms with Gasteiger partial charge in [-0.05, 0) is 19.1 Å². The molecule has 9 heteroatoms. The fraction of sp³-hybridized carbons (Fsp3) is 0.250. The molecule has 0 aliphatic heterocycles. The van der Waals surface area contributed by atoms with E-state index in [4.69, 9.17) is 5.73 Å². The summed E-state index contributed by atoms with van der Waals surface area (Å²) in [7, 11) is 0. The Morgan fingerprint density at radius 2 is 2.10 bits per heavy atom. The van der Waals surface area contributed by atoms with Crippen molar-refractivity contribution in [1.82, 2.24) is 14.1 Å². The molecule has 0 fully saturated rings. The quantitative estimate of drug-likeness (QED) is 0.622. The van der Waals surface area contributed by atoms with Crippen molar-refractivity contribution in [2.75, 3.05) is 5.73 Å². The molecule has 110 valence electrons. The molecule has 2 heterocycles. The molecular formula is C12H13N5O4. The maximum atomic E-state index is 12.1. The minimum absolute atomic E-state index is 0.176. The molecule has 0 aliphatic rings. The van der Waals surface area contributed by atoms with Gasteiger partial charge in [0, 0.05) is 6.54 Å². The van der Waals surface area contributed by atoms with Gasteiger partial charge in [-0.25, -0.2) is 14.3 Å². The van der Waals surface area contributed by atoms with Crippen LogP contribution >= 0.6 is 0 Å². The lowest BCUT2D eigenvalue weighted by atomic mass is 10.3. The number of aryl methyl sites for hydroxylation is 1. The molecule has 0 spiro atoms. The molecule has 2 aromatic heterocycles. The monoisotopic (exact) mass is 291 g/mol. The number of rotatable bonds is 4. The molecule has 0 unspecified atom stereocenters. The van der Waals surface area contributed by atoms with Gasteiger partial charge in [0.05, 0.1) is 23.4 Å². The number of nitrogen functional groups attached to an aromatic ring is 1. The molecule has 2 rings (SSSR count). The first-order valence-electron chi connectivity index (χ1n) is 6.14. The molecule has 0 bridgehead atoms. The molecule has 0 radical (unpaired) electrons. The van der Waals surface area contributed by atoms with Crippen molar-refractivity contribution >= 4 is 11.5 Å². The van der Waals surface area contributed by atoms with Gasteiger partial charge in [-0.15, -0.1) is 0 Å². The molecule has 21 heavy (non-hydrogen) atoms. The fourth-order valence-electron chi connectivity index (χ4n) is 1.88. The topological polar surface area (TPSA) is 126 Å². The number of anilines is 1. The summed E-state index contributed by atoms with van der Waals surface area (Å²) >= 11 is 0. The number of hydrogen-bond acceptors (Lipinski definition) is 6. The van der Waals surface area contributed by atoms with Crippen LogP contribution in [-0.2, 0) is 13.1 Å². The van der Waals surface area contributed by atoms with Gasteiger partial charge in [-0.1, -0.05) is 6.07 Å². The maximum Gasteiger partial charge on any atom is 0.350 e. The van der Waals surface area contributed by atoms with Crippen LogP contribution in [0.25, 0.3) is 0 Å². The summed E-state index contributed by atoms with van der Waals surface area (Å²) in [6, 6.07) is 4.76. The number of nitro groups is 1. The van der Waals surface area contributed by atoms with Crippen molar-refractivity contribution in [1.29, 1.82) is 0 Å². The van der Waals surface area contributed by atoms with Gasteiger partial charge in [0.25, 0.3) is 0 Å². The van der Waals surface area contributed by atoms with Crippen LogP contribution in [0.3, 0.4) is 0 Å². The molecule has 9 nitrogen and oxygen atoms in total. The molecule has 0 saturated heterocycles. The number of pyridine rings is 1. The predicted octanol–water partition coefficient (Wildman–Crippen LogP) is -0.0364. The zero-order valence-electron chi connectivity index (χ0n) is 11.2. The van der Waals surface area contributed by atoms with Gasteiger partial charge in [-0.2, -0.15) is 0 Å². The van der Waals surface area contributed by atoms with Crippen molar-refractivity contribution in [2.45, 2.75) is 20.0 Å². The van der Waals surface area contributed by atoms with E-state index in [1.807, 2.05) is 0 Å². The number of aromatic nitrogens is 3. The minimum Gasteiger partial charge on any atom is -0.384 e. The van der Waals surface area contributed by atoms with Gasteiger partial charge in [0.2, 0.25) is 0 Å². The highest BCUT2D eigenvalue weighted by Crippen LogP contribution is 2.04. The van der Waals surface area contributed by atoms with Crippen LogP contribution in [0.1, 0.15) is 12.6 Å². The van der Waals surface area contributed by atoms with E-state index in [0.717, 1.165) is 15.3 Å². The molecule has 0 aromatic carbocycles. The van der Waals surface area contributed by atoms with Gasteiger partial charge in [0.15, 0.2) is 0 Å². The Bertz CT molecular complexity index is 808. The Morgan fingerprint density at radius 3 is 2.67 bits per heavy atom. The standard InChI is InChI=1S/C12H13N5O4/c1-2-15-7-9(17(20)21)11(18)16(12(15)19)6-8-4-3-5-10(13)14-8/h3-5,7H,2,6H2,1H3,(H2,13,14). The lowest BCUT2D eigenvalue weighted by Gasteiger charge is -2.08. The average Bonchev–Trinajstić information content (AvgIpc) is 2.43. The zero-order chi connectivity index (χ0) is 15.6. The van der Waals surface area contributed by atoms with E-state index in [0.29, 0.717) is 5.69 Å². The summed E-state index contributed by atoms with van der Waals surface area (Å²) < 4.78 is 1.88. The van der Waals surface area contributed by atoms with E-state index in [-0.39, 0.29) is 18.9 Å². The highest BCUT2D eigenvalue weighted by molar-refractivity contribution is 5.29. The summed E-state index contributed by atoms with van der Waals surface area (Å²) in [5.74, 6) is 0.238. The Hall–Kier alpha value is -2.97. The van der Waals surface area contributed by atoms with Crippen LogP contribution in [0.2, 0.25) is 0 Å². The predicted molar refractivity (Wildman–Crippen MR) is 75.0 cm³/mol. The van der Waals surface area contributed by atoms with Crippen LogP contribution < -0.4 is 17.0 Å². The second-order valence-corrected chi connectivity index (χ2v) is 4.29. The molecule has 0 saturated carbocycles. The summed E-state index contributed by atoms with van der Waals surface area (Å²) in [6.45, 7) is 1.69. The van der Waals surface area contributed by atoms with Crippen molar-refractivity contribution in [3.63, 3.8) is 0 Å². The fourth-order valence-corrected chi connectivity index (χ4v) is 1.88. The second kappa shape index (κ2) is 5.57. The lowest BCUT2D eigenvalue weighted by molar-refractivity contribution is -0.387. The molecule has 2 N–H and O–H groups in total. The molecule has 0 aliphatic carbocycles. The van der Waals surface area contributed by atoms with Crippen molar-refractivity contribution < 1.29 is 4.92 Å². The Labute approximate surface area is 118 Å².